The van der Waals surface area contributed by atoms with E-state index in [2.05, 4.69) is 10.3 Å². The molecule has 29 heavy (non-hydrogen) atoms. The molecule has 0 radical (unpaired) electrons. The predicted molar refractivity (Wildman–Crippen MR) is 110 cm³/mol. The lowest BCUT2D eigenvalue weighted by Crippen LogP contribution is -2.33. The third-order valence-electron chi connectivity index (χ3n) is 4.12. The Hall–Kier alpha value is -3.32. The van der Waals surface area contributed by atoms with Gasteiger partial charge in [0.25, 0.3) is 11.5 Å². The van der Waals surface area contributed by atoms with Gasteiger partial charge in [0, 0.05) is 29.7 Å². The molecule has 0 saturated heterocycles. The number of aromatic nitrogens is 2. The van der Waals surface area contributed by atoms with Crippen molar-refractivity contribution in [3.8, 4) is 22.8 Å². The van der Waals surface area contributed by atoms with Gasteiger partial charge < -0.3 is 14.8 Å². The van der Waals surface area contributed by atoms with Crippen LogP contribution < -0.4 is 20.3 Å². The van der Waals surface area contributed by atoms with E-state index in [1.165, 1.54) is 17.0 Å². The summed E-state index contributed by atoms with van der Waals surface area (Å²) in [5, 5.41) is 3.30. The van der Waals surface area contributed by atoms with Gasteiger partial charge in [0.05, 0.1) is 19.1 Å². The zero-order valence-electron chi connectivity index (χ0n) is 15.8. The van der Waals surface area contributed by atoms with Gasteiger partial charge in [-0.25, -0.2) is 4.98 Å². The predicted octanol–water partition coefficient (Wildman–Crippen LogP) is 2.77. The van der Waals surface area contributed by atoms with E-state index in [-0.39, 0.29) is 24.6 Å². The summed E-state index contributed by atoms with van der Waals surface area (Å²) < 4.78 is 11.9. The number of hydrogen-bond donors (Lipinski definition) is 1. The monoisotopic (exact) mass is 413 g/mol. The number of halogens is 1. The Labute approximate surface area is 172 Å². The standard InChI is InChI=1S/C21H20ClN3O4/c1-28-17-6-2-15(3-7-17)19-12-21(27)25(14-24-19)11-10-23-20(26)13-29-18-8-4-16(22)5-9-18/h2-9,12,14H,10-11,13H2,1H3,(H,23,26). The van der Waals surface area contributed by atoms with E-state index < -0.39 is 0 Å². The van der Waals surface area contributed by atoms with Crippen LogP contribution in [0, 0.1) is 0 Å². The molecule has 0 aliphatic heterocycles. The summed E-state index contributed by atoms with van der Waals surface area (Å²) in [5.74, 6) is 1.01. The Kier molecular flexibility index (Phi) is 6.86. The first-order valence-corrected chi connectivity index (χ1v) is 9.29. The summed E-state index contributed by atoms with van der Waals surface area (Å²) in [4.78, 5) is 28.5. The van der Waals surface area contributed by atoms with Crippen molar-refractivity contribution >= 4 is 17.5 Å². The number of ether oxygens (including phenoxy) is 2. The van der Waals surface area contributed by atoms with Crippen LogP contribution in [-0.4, -0.2) is 35.7 Å². The SMILES string of the molecule is COc1ccc(-c2cc(=O)n(CCNC(=O)COc3ccc(Cl)cc3)cn2)cc1. The first-order chi connectivity index (χ1) is 14.0. The molecule has 150 valence electrons. The quantitative estimate of drug-likeness (QED) is 0.614. The summed E-state index contributed by atoms with van der Waals surface area (Å²) >= 11 is 5.80. The van der Waals surface area contributed by atoms with Crippen LogP contribution in [0.4, 0.5) is 0 Å². The largest absolute Gasteiger partial charge is 0.497 e. The van der Waals surface area contributed by atoms with Gasteiger partial charge in [-0.05, 0) is 48.5 Å². The van der Waals surface area contributed by atoms with Gasteiger partial charge in [-0.15, -0.1) is 0 Å². The van der Waals surface area contributed by atoms with E-state index in [0.717, 1.165) is 11.3 Å². The van der Waals surface area contributed by atoms with E-state index in [1.54, 1.807) is 31.4 Å². The fourth-order valence-corrected chi connectivity index (χ4v) is 2.69. The molecular weight excluding hydrogens is 394 g/mol. The number of nitrogens with one attached hydrogen (secondary N) is 1. The summed E-state index contributed by atoms with van der Waals surface area (Å²) in [6.45, 7) is 0.471. The van der Waals surface area contributed by atoms with E-state index in [1.807, 2.05) is 24.3 Å². The van der Waals surface area contributed by atoms with E-state index >= 15 is 0 Å². The van der Waals surface area contributed by atoms with Crippen molar-refractivity contribution in [3.05, 3.63) is 76.3 Å². The van der Waals surface area contributed by atoms with Crippen molar-refractivity contribution in [1.82, 2.24) is 14.9 Å². The second-order valence-corrected chi connectivity index (χ2v) is 6.56. The summed E-state index contributed by atoms with van der Waals surface area (Å²) in [5.41, 5.74) is 1.20. The summed E-state index contributed by atoms with van der Waals surface area (Å²) in [6.07, 6.45) is 1.47. The molecule has 8 heteroatoms. The van der Waals surface area contributed by atoms with Gasteiger partial charge in [-0.2, -0.15) is 0 Å². The average Bonchev–Trinajstić information content (AvgIpc) is 2.74. The summed E-state index contributed by atoms with van der Waals surface area (Å²) in [7, 11) is 1.59. The van der Waals surface area contributed by atoms with Crippen molar-refractivity contribution in [1.29, 1.82) is 0 Å². The van der Waals surface area contributed by atoms with Crippen molar-refractivity contribution in [2.45, 2.75) is 6.54 Å². The molecule has 0 aliphatic rings. The van der Waals surface area contributed by atoms with Crippen LogP contribution in [0.3, 0.4) is 0 Å². The minimum Gasteiger partial charge on any atom is -0.497 e. The lowest BCUT2D eigenvalue weighted by molar-refractivity contribution is -0.123. The lowest BCUT2D eigenvalue weighted by atomic mass is 10.1. The fourth-order valence-electron chi connectivity index (χ4n) is 2.56. The fraction of sp³-hybridized carbons (Fsp3) is 0.190. The molecule has 0 aliphatic carbocycles. The van der Waals surface area contributed by atoms with E-state index in [4.69, 9.17) is 21.1 Å². The van der Waals surface area contributed by atoms with Crippen LogP contribution in [0.5, 0.6) is 11.5 Å². The Balaban J connectivity index is 1.49. The number of amides is 1. The summed E-state index contributed by atoms with van der Waals surface area (Å²) in [6, 6.07) is 15.5. The molecule has 0 fully saturated rings. The van der Waals surface area contributed by atoms with E-state index in [0.29, 0.717) is 23.0 Å². The van der Waals surface area contributed by atoms with Crippen LogP contribution >= 0.6 is 11.6 Å². The third-order valence-corrected chi connectivity index (χ3v) is 4.38. The molecular formula is C21H20ClN3O4. The smallest absolute Gasteiger partial charge is 0.258 e. The van der Waals surface area contributed by atoms with Crippen molar-refractivity contribution in [2.75, 3.05) is 20.3 Å². The van der Waals surface area contributed by atoms with Gasteiger partial charge in [0.1, 0.15) is 11.5 Å². The van der Waals surface area contributed by atoms with Crippen LogP contribution in [0.25, 0.3) is 11.3 Å². The van der Waals surface area contributed by atoms with Gasteiger partial charge >= 0.3 is 0 Å². The molecule has 1 aromatic heterocycles. The molecule has 3 aromatic rings. The first kappa shape index (κ1) is 20.4. The maximum atomic E-state index is 12.3. The maximum absolute atomic E-state index is 12.3. The zero-order valence-corrected chi connectivity index (χ0v) is 16.6. The first-order valence-electron chi connectivity index (χ1n) is 8.91. The Morgan fingerprint density at radius 2 is 1.79 bits per heavy atom. The van der Waals surface area contributed by atoms with Gasteiger partial charge in [0.2, 0.25) is 0 Å². The molecule has 7 nitrogen and oxygen atoms in total. The van der Waals surface area contributed by atoms with Crippen molar-refractivity contribution in [3.63, 3.8) is 0 Å². The topological polar surface area (TPSA) is 82.5 Å². The number of carbonyl (C=O) groups excluding carboxylic acids is 1. The molecule has 1 N–H and O–H groups in total. The average molecular weight is 414 g/mol. The Morgan fingerprint density at radius 1 is 1.10 bits per heavy atom. The molecule has 0 spiro atoms. The van der Waals surface area contributed by atoms with Gasteiger partial charge in [-0.3, -0.25) is 14.2 Å². The Morgan fingerprint density at radius 3 is 2.45 bits per heavy atom. The van der Waals surface area contributed by atoms with E-state index in [9.17, 15) is 9.59 Å². The highest BCUT2D eigenvalue weighted by atomic mass is 35.5. The van der Waals surface area contributed by atoms with Crippen LogP contribution in [0.2, 0.25) is 5.02 Å². The Bertz CT molecular complexity index is 1020. The van der Waals surface area contributed by atoms with Crippen LogP contribution in [0.15, 0.2) is 65.7 Å². The number of benzene rings is 2. The molecule has 2 aromatic carbocycles. The number of nitrogens with zero attached hydrogens (tertiary/aromatic N) is 2. The van der Waals surface area contributed by atoms with Gasteiger partial charge in [-0.1, -0.05) is 11.6 Å². The molecule has 1 heterocycles. The number of methoxy groups -OCH3 is 1. The number of carbonyl (C=O) groups is 1. The third kappa shape index (κ3) is 5.83. The molecule has 0 unspecified atom stereocenters. The number of hydrogen-bond acceptors (Lipinski definition) is 5. The van der Waals surface area contributed by atoms with Gasteiger partial charge in [0.15, 0.2) is 6.61 Å². The minimum atomic E-state index is -0.282. The number of rotatable bonds is 8. The normalized spacial score (nSPS) is 10.4. The van der Waals surface area contributed by atoms with Crippen molar-refractivity contribution in [2.24, 2.45) is 0 Å². The molecule has 0 bridgehead atoms. The molecule has 1 amide bonds. The highest BCUT2D eigenvalue weighted by Gasteiger charge is 2.06. The second-order valence-electron chi connectivity index (χ2n) is 6.13. The molecule has 0 atom stereocenters. The zero-order chi connectivity index (χ0) is 20.6. The minimum absolute atomic E-state index is 0.120. The second kappa shape index (κ2) is 9.75. The van der Waals surface area contributed by atoms with Crippen molar-refractivity contribution < 1.29 is 14.3 Å². The van der Waals surface area contributed by atoms with Crippen LogP contribution in [-0.2, 0) is 11.3 Å². The molecule has 0 saturated carbocycles. The maximum Gasteiger partial charge on any atom is 0.258 e. The lowest BCUT2D eigenvalue weighted by Gasteiger charge is -2.09. The highest BCUT2D eigenvalue weighted by Crippen LogP contribution is 2.19. The molecule has 3 rings (SSSR count). The highest BCUT2D eigenvalue weighted by molar-refractivity contribution is 6.30. The van der Waals surface area contributed by atoms with Crippen LogP contribution in [0.1, 0.15) is 0 Å².